The van der Waals surface area contributed by atoms with Crippen LogP contribution < -0.4 is 5.73 Å². The van der Waals surface area contributed by atoms with E-state index in [2.05, 4.69) is 23.8 Å². The lowest BCUT2D eigenvalue weighted by molar-refractivity contribution is -0.147. The number of hydrogen-bond donors (Lipinski definition) is 2. The number of hydrogen-bond acceptors (Lipinski definition) is 6. The van der Waals surface area contributed by atoms with Crippen LogP contribution in [-0.4, -0.2) is 65.7 Å². The fraction of sp³-hybridized carbons (Fsp3) is 0.833. The molecule has 0 aliphatic carbocycles. The number of aromatic amines is 1. The minimum absolute atomic E-state index is 0.0196. The first-order chi connectivity index (χ1) is 18.6. The molecule has 8 heteroatoms. The molecule has 0 fully saturated rings. The maximum absolute atomic E-state index is 12.9. The number of unbranched alkanes of at least 4 members (excludes halogenated alkanes) is 14. The third kappa shape index (κ3) is 18.3. The van der Waals surface area contributed by atoms with Crippen molar-refractivity contribution in [1.29, 1.82) is 0 Å². The van der Waals surface area contributed by atoms with Crippen molar-refractivity contribution in [3.63, 3.8) is 0 Å². The highest BCUT2D eigenvalue weighted by Gasteiger charge is 2.17. The van der Waals surface area contributed by atoms with Crippen molar-refractivity contribution in [3.05, 3.63) is 18.2 Å². The summed E-state index contributed by atoms with van der Waals surface area (Å²) in [5, 5.41) is 0. The molecular formula is C30H56N4O4. The number of rotatable bonds is 26. The lowest BCUT2D eigenvalue weighted by atomic mass is 10.1. The number of nitrogens with zero attached hydrogens (tertiary/aromatic N) is 2. The number of nitrogens with one attached hydrogen (secondary N) is 1. The zero-order chi connectivity index (χ0) is 27.7. The van der Waals surface area contributed by atoms with Crippen molar-refractivity contribution >= 4 is 11.9 Å². The number of ether oxygens (including phenoxy) is 2. The maximum atomic E-state index is 12.9. The summed E-state index contributed by atoms with van der Waals surface area (Å²) in [6, 6.07) is -0.758. The Kier molecular flexibility index (Phi) is 21.7. The van der Waals surface area contributed by atoms with Crippen LogP contribution >= 0.6 is 0 Å². The zero-order valence-electron chi connectivity index (χ0n) is 24.4. The molecule has 1 unspecified atom stereocenters. The van der Waals surface area contributed by atoms with Crippen molar-refractivity contribution in [3.8, 4) is 0 Å². The molecule has 0 radical (unpaired) electrons. The van der Waals surface area contributed by atoms with E-state index in [0.29, 0.717) is 6.42 Å². The van der Waals surface area contributed by atoms with Gasteiger partial charge in [-0.2, -0.15) is 0 Å². The van der Waals surface area contributed by atoms with Crippen LogP contribution in [0.1, 0.15) is 122 Å². The molecule has 220 valence electrons. The fourth-order valence-electron chi connectivity index (χ4n) is 4.51. The standard InChI is InChI=1S/C30H56N4O4/c1-3-5-7-9-11-13-15-17-19-34(20-18-16-14-12-10-8-6-4-2)29(35)25-37-21-22-38-30(36)28(31)23-27-24-32-26-33-27/h24,26,28H,3-23,25,31H2,1-2H3,(H,32,33). The second-order valence-corrected chi connectivity index (χ2v) is 10.4. The molecule has 0 aliphatic heterocycles. The molecule has 1 heterocycles. The molecule has 8 nitrogen and oxygen atoms in total. The van der Waals surface area contributed by atoms with Crippen LogP contribution in [0.25, 0.3) is 0 Å². The second kappa shape index (κ2) is 24.1. The van der Waals surface area contributed by atoms with Crippen molar-refractivity contribution in [2.24, 2.45) is 5.73 Å². The molecule has 0 saturated carbocycles. The Balaban J connectivity index is 2.27. The zero-order valence-corrected chi connectivity index (χ0v) is 24.4. The Morgan fingerprint density at radius 2 is 1.37 bits per heavy atom. The van der Waals surface area contributed by atoms with Gasteiger partial charge in [-0.05, 0) is 12.8 Å². The monoisotopic (exact) mass is 536 g/mol. The molecule has 1 aromatic heterocycles. The number of amides is 1. The Bertz CT molecular complexity index is 664. The fourth-order valence-corrected chi connectivity index (χ4v) is 4.51. The Morgan fingerprint density at radius 1 is 0.842 bits per heavy atom. The average molecular weight is 537 g/mol. The van der Waals surface area contributed by atoms with E-state index in [-0.39, 0.29) is 25.7 Å². The second-order valence-electron chi connectivity index (χ2n) is 10.4. The number of esters is 1. The van der Waals surface area contributed by atoms with Gasteiger partial charge < -0.3 is 25.1 Å². The molecule has 1 amide bonds. The van der Waals surface area contributed by atoms with Gasteiger partial charge in [-0.1, -0.05) is 104 Å². The number of carbonyl (C=O) groups excluding carboxylic acids is 2. The predicted molar refractivity (Wildman–Crippen MR) is 154 cm³/mol. The highest BCUT2D eigenvalue weighted by atomic mass is 16.6. The Labute approximate surface area is 231 Å². The molecule has 0 aromatic carbocycles. The van der Waals surface area contributed by atoms with E-state index >= 15 is 0 Å². The molecular weight excluding hydrogens is 480 g/mol. The van der Waals surface area contributed by atoms with Gasteiger partial charge >= 0.3 is 5.97 Å². The van der Waals surface area contributed by atoms with Crippen molar-refractivity contribution < 1.29 is 19.1 Å². The summed E-state index contributed by atoms with van der Waals surface area (Å²) in [5.41, 5.74) is 6.67. The van der Waals surface area contributed by atoms with Crippen molar-refractivity contribution in [2.75, 3.05) is 32.9 Å². The largest absolute Gasteiger partial charge is 0.462 e. The van der Waals surface area contributed by atoms with Crippen LogP contribution in [0, 0.1) is 0 Å². The smallest absolute Gasteiger partial charge is 0.323 e. The SMILES string of the molecule is CCCCCCCCCCN(CCCCCCCCCC)C(=O)COCCOC(=O)C(N)Cc1cnc[nH]1. The third-order valence-corrected chi connectivity index (χ3v) is 6.91. The first-order valence-electron chi connectivity index (χ1n) is 15.3. The van der Waals surface area contributed by atoms with E-state index in [1.54, 1.807) is 12.5 Å². The molecule has 0 saturated heterocycles. The quantitative estimate of drug-likeness (QED) is 0.112. The number of H-pyrrole nitrogens is 1. The molecule has 3 N–H and O–H groups in total. The first kappa shape index (κ1) is 34.1. The number of imidazole rings is 1. The summed E-state index contributed by atoms with van der Waals surface area (Å²) >= 11 is 0. The highest BCUT2D eigenvalue weighted by molar-refractivity contribution is 5.77. The minimum atomic E-state index is -0.758. The molecule has 1 aromatic rings. The van der Waals surface area contributed by atoms with Gasteiger partial charge in [-0.3, -0.25) is 9.59 Å². The molecule has 1 atom stereocenters. The normalized spacial score (nSPS) is 12.0. The number of carbonyl (C=O) groups is 2. The van der Waals surface area contributed by atoms with Crippen LogP contribution in [0.4, 0.5) is 0 Å². The Hall–Kier alpha value is -1.93. The van der Waals surface area contributed by atoms with Gasteiger partial charge in [0.05, 0.1) is 12.9 Å². The van der Waals surface area contributed by atoms with E-state index in [0.717, 1.165) is 31.6 Å². The molecule has 0 bridgehead atoms. The first-order valence-corrected chi connectivity index (χ1v) is 15.3. The minimum Gasteiger partial charge on any atom is -0.462 e. The van der Waals surface area contributed by atoms with E-state index in [1.807, 2.05) is 4.90 Å². The van der Waals surface area contributed by atoms with Crippen molar-refractivity contribution in [1.82, 2.24) is 14.9 Å². The third-order valence-electron chi connectivity index (χ3n) is 6.91. The predicted octanol–water partition coefficient (Wildman–Crippen LogP) is 5.95. The number of nitrogens with two attached hydrogens (primary N) is 1. The van der Waals surface area contributed by atoms with Gasteiger partial charge in [0.1, 0.15) is 19.3 Å². The van der Waals surface area contributed by atoms with Crippen LogP contribution in [0.2, 0.25) is 0 Å². The average Bonchev–Trinajstić information content (AvgIpc) is 3.43. The summed E-state index contributed by atoms with van der Waals surface area (Å²) in [6.45, 7) is 6.36. The van der Waals surface area contributed by atoms with Crippen LogP contribution in [-0.2, 0) is 25.5 Å². The molecule has 0 aliphatic rings. The van der Waals surface area contributed by atoms with E-state index in [4.69, 9.17) is 15.2 Å². The molecule has 38 heavy (non-hydrogen) atoms. The van der Waals surface area contributed by atoms with E-state index in [1.165, 1.54) is 89.9 Å². The lowest BCUT2D eigenvalue weighted by Crippen LogP contribution is -2.37. The topological polar surface area (TPSA) is 111 Å². The summed E-state index contributed by atoms with van der Waals surface area (Å²) in [5.74, 6) is -0.460. The highest BCUT2D eigenvalue weighted by Crippen LogP contribution is 2.11. The van der Waals surface area contributed by atoms with Gasteiger partial charge in [0.15, 0.2) is 0 Å². The summed E-state index contributed by atoms with van der Waals surface area (Å²) in [6.07, 6.45) is 23.5. The van der Waals surface area contributed by atoms with Crippen molar-refractivity contribution in [2.45, 2.75) is 129 Å². The van der Waals surface area contributed by atoms with Gasteiger partial charge in [0.25, 0.3) is 0 Å². The summed E-state index contributed by atoms with van der Waals surface area (Å²) < 4.78 is 10.8. The van der Waals surface area contributed by atoms with Gasteiger partial charge in [0, 0.05) is 31.4 Å². The van der Waals surface area contributed by atoms with Gasteiger partial charge in [-0.15, -0.1) is 0 Å². The van der Waals surface area contributed by atoms with Crippen LogP contribution in [0.3, 0.4) is 0 Å². The summed E-state index contributed by atoms with van der Waals surface area (Å²) in [4.78, 5) is 33.7. The molecule has 1 rings (SSSR count). The maximum Gasteiger partial charge on any atom is 0.323 e. The Morgan fingerprint density at radius 3 is 1.87 bits per heavy atom. The summed E-state index contributed by atoms with van der Waals surface area (Å²) in [7, 11) is 0. The van der Waals surface area contributed by atoms with Gasteiger partial charge in [0.2, 0.25) is 5.91 Å². The van der Waals surface area contributed by atoms with E-state index in [9.17, 15) is 9.59 Å². The number of aromatic nitrogens is 2. The molecule has 0 spiro atoms. The van der Waals surface area contributed by atoms with Crippen LogP contribution in [0.15, 0.2) is 12.5 Å². The van der Waals surface area contributed by atoms with Crippen LogP contribution in [0.5, 0.6) is 0 Å². The van der Waals surface area contributed by atoms with E-state index < -0.39 is 12.0 Å². The van der Waals surface area contributed by atoms with Gasteiger partial charge in [-0.25, -0.2) is 4.98 Å². The lowest BCUT2D eigenvalue weighted by Gasteiger charge is -2.23.